The van der Waals surface area contributed by atoms with E-state index in [1.807, 2.05) is 24.3 Å². The van der Waals surface area contributed by atoms with Crippen molar-refractivity contribution in [1.29, 1.82) is 0 Å². The molecule has 0 fully saturated rings. The number of amides is 1. The van der Waals surface area contributed by atoms with Gasteiger partial charge in [-0.1, -0.05) is 12.1 Å². The second-order valence-corrected chi connectivity index (χ2v) is 5.87. The number of carbonyl (C=O) groups is 2. The molecule has 0 saturated carbocycles. The molecule has 6 heteroatoms. The number of aryl methyl sites for hydroxylation is 2. The van der Waals surface area contributed by atoms with Crippen LogP contribution in [0.4, 0.5) is 0 Å². The van der Waals surface area contributed by atoms with Crippen molar-refractivity contribution in [3.05, 3.63) is 52.8 Å². The molecule has 1 N–H and O–H groups in total. The third-order valence-corrected chi connectivity index (χ3v) is 4.21. The summed E-state index contributed by atoms with van der Waals surface area (Å²) in [6.45, 7) is 1.86. The zero-order valence-corrected chi connectivity index (χ0v) is 13.2. The minimum atomic E-state index is -0.338. The number of Topliss-reactive ketones (excluding diaryl/α,β-unsaturated/α-hetero) is 1. The van der Waals surface area contributed by atoms with E-state index in [0.29, 0.717) is 47.0 Å². The van der Waals surface area contributed by atoms with Gasteiger partial charge in [0.15, 0.2) is 11.4 Å². The molecule has 4 rings (SSSR count). The molecule has 1 aliphatic rings. The van der Waals surface area contributed by atoms with Gasteiger partial charge < -0.3 is 14.2 Å². The number of oxazole rings is 1. The summed E-state index contributed by atoms with van der Waals surface area (Å²) in [7, 11) is 0. The highest BCUT2D eigenvalue weighted by molar-refractivity contribution is 6.09. The van der Waals surface area contributed by atoms with Gasteiger partial charge in [-0.25, -0.2) is 4.98 Å². The topological polar surface area (TPSA) is 85.3 Å². The molecule has 24 heavy (non-hydrogen) atoms. The van der Waals surface area contributed by atoms with Crippen LogP contribution in [0.1, 0.15) is 51.0 Å². The average molecular weight is 324 g/mol. The van der Waals surface area contributed by atoms with E-state index in [2.05, 4.69) is 10.3 Å². The van der Waals surface area contributed by atoms with E-state index in [4.69, 9.17) is 8.83 Å². The highest BCUT2D eigenvalue weighted by atomic mass is 16.4. The molecule has 6 nitrogen and oxygen atoms in total. The highest BCUT2D eigenvalue weighted by Crippen LogP contribution is 2.29. The number of hydrogen-bond donors (Lipinski definition) is 1. The third kappa shape index (κ3) is 2.40. The van der Waals surface area contributed by atoms with Gasteiger partial charge >= 0.3 is 0 Å². The summed E-state index contributed by atoms with van der Waals surface area (Å²) < 4.78 is 11.2. The van der Waals surface area contributed by atoms with E-state index in [9.17, 15) is 9.59 Å². The normalized spacial score (nSPS) is 14.0. The summed E-state index contributed by atoms with van der Waals surface area (Å²) in [5, 5.41) is 2.77. The fourth-order valence-electron chi connectivity index (χ4n) is 3.12. The van der Waals surface area contributed by atoms with E-state index < -0.39 is 0 Å². The van der Waals surface area contributed by atoms with Gasteiger partial charge in [0.05, 0.1) is 17.7 Å². The Hall–Kier alpha value is -2.89. The third-order valence-electron chi connectivity index (χ3n) is 4.21. The maximum Gasteiger partial charge on any atom is 0.256 e. The minimum Gasteiger partial charge on any atom is -0.465 e. The fourth-order valence-corrected chi connectivity index (χ4v) is 3.12. The van der Waals surface area contributed by atoms with Crippen LogP contribution in [0.25, 0.3) is 11.1 Å². The maximum absolute atomic E-state index is 12.5. The van der Waals surface area contributed by atoms with Crippen molar-refractivity contribution in [3.8, 4) is 0 Å². The van der Waals surface area contributed by atoms with Crippen LogP contribution in [0.15, 0.2) is 33.1 Å². The molecule has 0 radical (unpaired) electrons. The van der Waals surface area contributed by atoms with Crippen molar-refractivity contribution < 1.29 is 18.4 Å². The number of ketones is 1. The van der Waals surface area contributed by atoms with Crippen molar-refractivity contribution >= 4 is 22.8 Å². The Labute approximate surface area is 137 Å². The van der Waals surface area contributed by atoms with Gasteiger partial charge in [0.1, 0.15) is 17.0 Å². The molecule has 0 atom stereocenters. The van der Waals surface area contributed by atoms with Crippen LogP contribution < -0.4 is 5.32 Å². The number of nitrogens with zero attached hydrogens (tertiary/aromatic N) is 1. The van der Waals surface area contributed by atoms with Crippen LogP contribution in [0.3, 0.4) is 0 Å². The first-order chi connectivity index (χ1) is 11.6. The second kappa shape index (κ2) is 5.63. The van der Waals surface area contributed by atoms with Crippen molar-refractivity contribution in [2.24, 2.45) is 0 Å². The largest absolute Gasteiger partial charge is 0.465 e. The summed E-state index contributed by atoms with van der Waals surface area (Å²) in [6.07, 6.45) is 1.92. The van der Waals surface area contributed by atoms with Gasteiger partial charge in [0.25, 0.3) is 5.91 Å². The SMILES string of the molecule is Cc1oc2c(c1C(=O)NCc1nc3ccccc3o1)C(=O)CCC2. The number of rotatable bonds is 3. The highest BCUT2D eigenvalue weighted by Gasteiger charge is 2.30. The number of nitrogens with one attached hydrogen (secondary N) is 1. The molecule has 1 aromatic carbocycles. The summed E-state index contributed by atoms with van der Waals surface area (Å²) in [5.74, 6) is 1.15. The first-order valence-electron chi connectivity index (χ1n) is 7.91. The van der Waals surface area contributed by atoms with Gasteiger partial charge in [-0.15, -0.1) is 0 Å². The Morgan fingerprint density at radius 1 is 1.25 bits per heavy atom. The van der Waals surface area contributed by atoms with E-state index >= 15 is 0 Å². The molecule has 0 saturated heterocycles. The fraction of sp³-hybridized carbons (Fsp3) is 0.278. The zero-order chi connectivity index (χ0) is 16.7. The molecule has 0 spiro atoms. The Morgan fingerprint density at radius 2 is 2.08 bits per heavy atom. The minimum absolute atomic E-state index is 0.0277. The Morgan fingerprint density at radius 3 is 2.92 bits per heavy atom. The van der Waals surface area contributed by atoms with Crippen LogP contribution in [-0.2, 0) is 13.0 Å². The standard InChI is InChI=1S/C18H16N2O4/c1-10-16(17-12(21)6-4-8-14(17)23-10)18(22)19-9-15-20-11-5-2-3-7-13(11)24-15/h2-3,5,7H,4,6,8-9H2,1H3,(H,19,22). The van der Waals surface area contributed by atoms with Gasteiger partial charge in [0, 0.05) is 12.8 Å². The van der Waals surface area contributed by atoms with Crippen LogP contribution >= 0.6 is 0 Å². The number of hydrogen-bond acceptors (Lipinski definition) is 5. The predicted molar refractivity (Wildman–Crippen MR) is 85.9 cm³/mol. The lowest BCUT2D eigenvalue weighted by molar-refractivity contribution is 0.0923. The maximum atomic E-state index is 12.5. The summed E-state index contributed by atoms with van der Waals surface area (Å²) in [6, 6.07) is 7.41. The summed E-state index contributed by atoms with van der Waals surface area (Å²) in [5.41, 5.74) is 2.20. The second-order valence-electron chi connectivity index (χ2n) is 5.87. The van der Waals surface area contributed by atoms with Gasteiger partial charge in [-0.3, -0.25) is 9.59 Å². The molecule has 0 bridgehead atoms. The molecule has 122 valence electrons. The molecule has 2 heterocycles. The van der Waals surface area contributed by atoms with E-state index in [1.165, 1.54) is 0 Å². The van der Waals surface area contributed by atoms with Crippen molar-refractivity contribution in [2.45, 2.75) is 32.7 Å². The molecule has 3 aromatic rings. The summed E-state index contributed by atoms with van der Waals surface area (Å²) >= 11 is 0. The molecular formula is C18H16N2O4. The first-order valence-corrected chi connectivity index (χ1v) is 7.91. The Balaban J connectivity index is 1.56. The van der Waals surface area contributed by atoms with E-state index in [1.54, 1.807) is 6.92 Å². The van der Waals surface area contributed by atoms with Crippen molar-refractivity contribution in [3.63, 3.8) is 0 Å². The lowest BCUT2D eigenvalue weighted by atomic mass is 9.93. The van der Waals surface area contributed by atoms with Crippen LogP contribution in [0.2, 0.25) is 0 Å². The smallest absolute Gasteiger partial charge is 0.256 e. The Kier molecular flexibility index (Phi) is 3.45. The molecule has 1 amide bonds. The molecule has 0 aliphatic heterocycles. The van der Waals surface area contributed by atoms with Gasteiger partial charge in [0.2, 0.25) is 5.89 Å². The van der Waals surface area contributed by atoms with Crippen molar-refractivity contribution in [1.82, 2.24) is 10.3 Å². The quantitative estimate of drug-likeness (QED) is 0.800. The number of benzene rings is 1. The lowest BCUT2D eigenvalue weighted by Gasteiger charge is -2.09. The number of para-hydroxylation sites is 2. The molecule has 1 aliphatic carbocycles. The monoisotopic (exact) mass is 324 g/mol. The van der Waals surface area contributed by atoms with Gasteiger partial charge in [-0.05, 0) is 25.5 Å². The molecular weight excluding hydrogens is 308 g/mol. The molecule has 0 unspecified atom stereocenters. The predicted octanol–water partition coefficient (Wildman–Crippen LogP) is 3.18. The number of carbonyl (C=O) groups excluding carboxylic acids is 2. The lowest BCUT2D eigenvalue weighted by Crippen LogP contribution is -2.25. The zero-order valence-electron chi connectivity index (χ0n) is 13.2. The van der Waals surface area contributed by atoms with E-state index in [-0.39, 0.29) is 18.2 Å². The first kappa shape index (κ1) is 14.7. The molecule has 2 aromatic heterocycles. The van der Waals surface area contributed by atoms with Crippen LogP contribution in [0, 0.1) is 6.92 Å². The van der Waals surface area contributed by atoms with Crippen molar-refractivity contribution in [2.75, 3.05) is 0 Å². The number of aromatic nitrogens is 1. The average Bonchev–Trinajstić information content (AvgIpc) is 3.13. The van der Waals surface area contributed by atoms with Gasteiger partial charge in [-0.2, -0.15) is 0 Å². The van der Waals surface area contributed by atoms with Crippen LogP contribution in [0.5, 0.6) is 0 Å². The number of furan rings is 1. The summed E-state index contributed by atoms with van der Waals surface area (Å²) in [4.78, 5) is 29.0. The number of fused-ring (bicyclic) bond motifs is 2. The van der Waals surface area contributed by atoms with E-state index in [0.717, 1.165) is 11.9 Å². The Bertz CT molecular complexity index is 918. The van der Waals surface area contributed by atoms with Crippen LogP contribution in [-0.4, -0.2) is 16.7 Å².